The molecule has 0 saturated carbocycles. The van der Waals surface area contributed by atoms with Crippen LogP contribution in [0.2, 0.25) is 0 Å². The highest BCUT2D eigenvalue weighted by Gasteiger charge is 2.19. The predicted molar refractivity (Wildman–Crippen MR) is 113 cm³/mol. The van der Waals surface area contributed by atoms with Crippen molar-refractivity contribution in [3.8, 4) is 11.3 Å². The molecule has 28 heavy (non-hydrogen) atoms. The van der Waals surface area contributed by atoms with Crippen LogP contribution in [-0.2, 0) is 0 Å². The number of aromatic amines is 2. The van der Waals surface area contributed by atoms with Crippen LogP contribution in [0.25, 0.3) is 21.5 Å². The summed E-state index contributed by atoms with van der Waals surface area (Å²) in [5.41, 5.74) is 3.13. The first-order valence-electron chi connectivity index (χ1n) is 8.80. The van der Waals surface area contributed by atoms with Gasteiger partial charge in [0.2, 0.25) is 0 Å². The third-order valence-corrected chi connectivity index (χ3v) is 6.57. The molecule has 0 aliphatic carbocycles. The molecular formula is C20H19N3O3S2. The van der Waals surface area contributed by atoms with Crippen molar-refractivity contribution < 1.29 is 9.21 Å². The number of nitrogens with zero attached hydrogens (tertiary/aromatic N) is 1. The molecule has 0 unspecified atom stereocenters. The van der Waals surface area contributed by atoms with Gasteiger partial charge in [-0.15, -0.1) is 23.1 Å². The summed E-state index contributed by atoms with van der Waals surface area (Å²) in [6.07, 6.45) is 1.58. The number of carbonyl (C=O) groups excluding carboxylic acids is 1. The number of rotatable bonds is 6. The lowest BCUT2D eigenvalue weighted by atomic mass is 10.2. The first-order valence-corrected chi connectivity index (χ1v) is 10.7. The molecule has 8 heteroatoms. The Morgan fingerprint density at radius 2 is 2.18 bits per heavy atom. The second kappa shape index (κ2) is 7.44. The number of thiophene rings is 1. The van der Waals surface area contributed by atoms with E-state index in [0.717, 1.165) is 22.5 Å². The van der Waals surface area contributed by atoms with Gasteiger partial charge in [-0.3, -0.25) is 9.59 Å². The third kappa shape index (κ3) is 3.45. The molecule has 1 atom stereocenters. The molecule has 0 spiro atoms. The molecule has 0 radical (unpaired) electrons. The minimum atomic E-state index is -0.191. The fourth-order valence-corrected chi connectivity index (χ4v) is 4.90. The highest BCUT2D eigenvalue weighted by molar-refractivity contribution is 8.00. The van der Waals surface area contributed by atoms with Crippen molar-refractivity contribution in [3.63, 3.8) is 0 Å². The van der Waals surface area contributed by atoms with E-state index in [1.54, 1.807) is 12.3 Å². The molecule has 4 aromatic rings. The van der Waals surface area contributed by atoms with Gasteiger partial charge < -0.3 is 14.4 Å². The van der Waals surface area contributed by atoms with Gasteiger partial charge in [0.05, 0.1) is 22.7 Å². The summed E-state index contributed by atoms with van der Waals surface area (Å²) in [7, 11) is 0. The number of nitrogens with one attached hydrogen (secondary N) is 2. The van der Waals surface area contributed by atoms with E-state index in [9.17, 15) is 9.59 Å². The molecule has 0 aromatic carbocycles. The zero-order valence-electron chi connectivity index (χ0n) is 15.7. The van der Waals surface area contributed by atoms with Crippen molar-refractivity contribution in [1.29, 1.82) is 0 Å². The van der Waals surface area contributed by atoms with Gasteiger partial charge >= 0.3 is 0 Å². The van der Waals surface area contributed by atoms with Crippen LogP contribution in [0.3, 0.4) is 0 Å². The van der Waals surface area contributed by atoms with E-state index in [4.69, 9.17) is 4.42 Å². The number of aryl methyl sites for hydroxylation is 2. The molecule has 0 amide bonds. The lowest BCUT2D eigenvalue weighted by molar-refractivity contribution is 0.102. The minimum absolute atomic E-state index is 0.0679. The first kappa shape index (κ1) is 18.8. The minimum Gasteiger partial charge on any atom is -0.464 e. The van der Waals surface area contributed by atoms with E-state index in [-0.39, 0.29) is 16.6 Å². The Balaban J connectivity index is 1.55. The maximum Gasteiger partial charge on any atom is 0.260 e. The van der Waals surface area contributed by atoms with Crippen LogP contribution in [0.1, 0.15) is 39.7 Å². The van der Waals surface area contributed by atoms with Crippen LogP contribution in [-0.4, -0.2) is 26.5 Å². The SMILES string of the molecule is Cc1cc(C(=O)CS[C@H](C)c2nc3scc(-c4ccco4)c3c(=O)[nH]2)c(C)[nH]1. The Kier molecular flexibility index (Phi) is 4.99. The van der Waals surface area contributed by atoms with E-state index in [0.29, 0.717) is 27.6 Å². The van der Waals surface area contributed by atoms with Crippen LogP contribution >= 0.6 is 23.1 Å². The first-order chi connectivity index (χ1) is 13.4. The van der Waals surface area contributed by atoms with Crippen molar-refractivity contribution in [3.05, 3.63) is 63.0 Å². The number of furan rings is 1. The molecule has 0 saturated heterocycles. The highest BCUT2D eigenvalue weighted by Crippen LogP contribution is 2.33. The second-order valence-corrected chi connectivity index (χ2v) is 8.81. The molecule has 4 rings (SSSR count). The van der Waals surface area contributed by atoms with Gasteiger partial charge in [0.25, 0.3) is 5.56 Å². The standard InChI is InChI=1S/C20H19N3O3S2/c1-10-7-13(11(2)21-10)15(24)9-27-12(3)18-22-19(25)17-14(8-28-20(17)23-18)16-5-4-6-26-16/h4-8,12,21H,9H2,1-3H3,(H,22,23,25)/t12-/m1/s1. The monoisotopic (exact) mass is 413 g/mol. The van der Waals surface area contributed by atoms with Crippen LogP contribution in [0.4, 0.5) is 0 Å². The van der Waals surface area contributed by atoms with Crippen molar-refractivity contribution in [2.24, 2.45) is 0 Å². The maximum atomic E-state index is 12.7. The molecule has 0 fully saturated rings. The van der Waals surface area contributed by atoms with E-state index < -0.39 is 0 Å². The van der Waals surface area contributed by atoms with Gasteiger partial charge in [-0.1, -0.05) is 0 Å². The van der Waals surface area contributed by atoms with Crippen molar-refractivity contribution in [1.82, 2.24) is 15.0 Å². The van der Waals surface area contributed by atoms with Crippen LogP contribution in [0.15, 0.2) is 39.1 Å². The Hall–Kier alpha value is -2.58. The summed E-state index contributed by atoms with van der Waals surface area (Å²) in [5, 5.41) is 2.30. The van der Waals surface area contributed by atoms with Crippen molar-refractivity contribution in [2.45, 2.75) is 26.0 Å². The van der Waals surface area contributed by atoms with E-state index in [1.807, 2.05) is 38.3 Å². The van der Waals surface area contributed by atoms with Crippen LogP contribution in [0, 0.1) is 13.8 Å². The van der Waals surface area contributed by atoms with Crippen LogP contribution < -0.4 is 5.56 Å². The topological polar surface area (TPSA) is 91.8 Å². The fourth-order valence-electron chi connectivity index (χ4n) is 3.14. The Morgan fingerprint density at radius 3 is 2.86 bits per heavy atom. The fraction of sp³-hybridized carbons (Fsp3) is 0.250. The molecule has 0 aliphatic heterocycles. The van der Waals surface area contributed by atoms with Gasteiger partial charge in [-0.25, -0.2) is 4.98 Å². The quantitative estimate of drug-likeness (QED) is 0.440. The second-order valence-electron chi connectivity index (χ2n) is 6.63. The largest absolute Gasteiger partial charge is 0.464 e. The van der Waals surface area contributed by atoms with Crippen LogP contribution in [0.5, 0.6) is 0 Å². The number of ketones is 1. The summed E-state index contributed by atoms with van der Waals surface area (Å²) >= 11 is 2.87. The summed E-state index contributed by atoms with van der Waals surface area (Å²) in [6.45, 7) is 5.77. The molecular weight excluding hydrogens is 394 g/mol. The summed E-state index contributed by atoms with van der Waals surface area (Å²) in [5.74, 6) is 1.61. The van der Waals surface area contributed by atoms with Gasteiger partial charge in [0.1, 0.15) is 16.4 Å². The summed E-state index contributed by atoms with van der Waals surface area (Å²) in [6, 6.07) is 5.48. The average molecular weight is 414 g/mol. The Bertz CT molecular complexity index is 1200. The van der Waals surface area contributed by atoms with Gasteiger partial charge in [0.15, 0.2) is 5.78 Å². The molecule has 144 valence electrons. The highest BCUT2D eigenvalue weighted by atomic mass is 32.2. The molecule has 4 heterocycles. The van der Waals surface area contributed by atoms with Gasteiger partial charge in [0, 0.05) is 27.9 Å². The smallest absolute Gasteiger partial charge is 0.260 e. The number of Topliss-reactive ketones (excluding diaryl/α,β-unsaturated/α-hetero) is 1. The number of hydrogen-bond donors (Lipinski definition) is 2. The lowest BCUT2D eigenvalue weighted by Crippen LogP contribution is -2.13. The van der Waals surface area contributed by atoms with Gasteiger partial charge in [-0.2, -0.15) is 0 Å². The van der Waals surface area contributed by atoms with Gasteiger partial charge in [-0.05, 0) is 39.0 Å². The van der Waals surface area contributed by atoms with E-state index in [1.165, 1.54) is 23.1 Å². The third-order valence-electron chi connectivity index (χ3n) is 4.55. The lowest BCUT2D eigenvalue weighted by Gasteiger charge is -2.10. The summed E-state index contributed by atoms with van der Waals surface area (Å²) < 4.78 is 5.42. The molecule has 2 N–H and O–H groups in total. The van der Waals surface area contributed by atoms with E-state index >= 15 is 0 Å². The zero-order valence-corrected chi connectivity index (χ0v) is 17.3. The molecule has 4 aromatic heterocycles. The number of thioether (sulfide) groups is 1. The number of H-pyrrole nitrogens is 2. The molecule has 6 nitrogen and oxygen atoms in total. The number of fused-ring (bicyclic) bond motifs is 1. The molecule has 0 bridgehead atoms. The van der Waals surface area contributed by atoms with Crippen molar-refractivity contribution in [2.75, 3.05) is 5.75 Å². The summed E-state index contributed by atoms with van der Waals surface area (Å²) in [4.78, 5) is 36.5. The molecule has 0 aliphatic rings. The zero-order chi connectivity index (χ0) is 19.8. The maximum absolute atomic E-state index is 12.7. The number of carbonyl (C=O) groups is 1. The number of hydrogen-bond acceptors (Lipinski definition) is 6. The number of aromatic nitrogens is 3. The predicted octanol–water partition coefficient (Wildman–Crippen LogP) is 4.87. The van der Waals surface area contributed by atoms with E-state index in [2.05, 4.69) is 15.0 Å². The van der Waals surface area contributed by atoms with Crippen molar-refractivity contribution >= 4 is 39.1 Å². The normalized spacial score (nSPS) is 12.5. The Morgan fingerprint density at radius 1 is 1.36 bits per heavy atom. The Labute approximate surface area is 169 Å². The average Bonchev–Trinajstić information content (AvgIpc) is 3.38.